The molecule has 24 heavy (non-hydrogen) atoms. The van der Waals surface area contributed by atoms with Gasteiger partial charge in [-0.25, -0.2) is 10.9 Å². The van der Waals surface area contributed by atoms with Gasteiger partial charge in [0.1, 0.15) is 0 Å². The second-order valence-electron chi connectivity index (χ2n) is 4.78. The fourth-order valence-electron chi connectivity index (χ4n) is 2.13. The van der Waals surface area contributed by atoms with Crippen molar-refractivity contribution in [3.63, 3.8) is 0 Å². The van der Waals surface area contributed by atoms with Crippen LogP contribution in [0.5, 0.6) is 17.2 Å². The molecule has 0 saturated heterocycles. The number of methoxy groups -OCH3 is 3. The fraction of sp³-hybridized carbons (Fsp3) is 0.333. The monoisotopic (exact) mass is 334 g/mol. The number of hydrogen-bond acceptors (Lipinski definition) is 7. The first-order valence-corrected chi connectivity index (χ1v) is 7.04. The molecule has 128 valence electrons. The Morgan fingerprint density at radius 2 is 2.04 bits per heavy atom. The Bertz CT molecular complexity index is 699. The van der Waals surface area contributed by atoms with Crippen LogP contribution in [-0.4, -0.2) is 45.1 Å². The largest absolute Gasteiger partial charge is 0.493 e. The Kier molecular flexibility index (Phi) is 5.72. The minimum Gasteiger partial charge on any atom is -0.493 e. The fourth-order valence-corrected chi connectivity index (χ4v) is 2.13. The highest BCUT2D eigenvalue weighted by atomic mass is 16.5. The van der Waals surface area contributed by atoms with Crippen LogP contribution >= 0.6 is 0 Å². The van der Waals surface area contributed by atoms with E-state index < -0.39 is 0 Å². The lowest BCUT2D eigenvalue weighted by atomic mass is 10.2. The van der Waals surface area contributed by atoms with E-state index in [0.29, 0.717) is 28.5 Å². The third-order valence-electron chi connectivity index (χ3n) is 3.20. The minimum atomic E-state index is -0.374. The minimum absolute atomic E-state index is 0.000845. The number of benzene rings is 1. The van der Waals surface area contributed by atoms with Crippen molar-refractivity contribution >= 4 is 23.7 Å². The zero-order valence-electron chi connectivity index (χ0n) is 13.6. The highest BCUT2D eigenvalue weighted by molar-refractivity contribution is 6.11. The van der Waals surface area contributed by atoms with Crippen LogP contribution in [0.1, 0.15) is 18.4 Å². The molecule has 1 aromatic carbocycles. The maximum atomic E-state index is 11.8. The van der Waals surface area contributed by atoms with Gasteiger partial charge >= 0.3 is 0 Å². The van der Waals surface area contributed by atoms with Crippen molar-refractivity contribution in [1.29, 1.82) is 0 Å². The maximum absolute atomic E-state index is 11.8. The number of carbonyl (C=O) groups excluding carboxylic acids is 2. The third-order valence-corrected chi connectivity index (χ3v) is 3.20. The van der Waals surface area contributed by atoms with Crippen molar-refractivity contribution in [3.05, 3.63) is 17.7 Å². The lowest BCUT2D eigenvalue weighted by molar-refractivity contribution is -0.119. The quantitative estimate of drug-likeness (QED) is 0.555. The van der Waals surface area contributed by atoms with Gasteiger partial charge < -0.3 is 14.2 Å². The topological polar surface area (TPSA) is 111 Å². The third kappa shape index (κ3) is 4.00. The van der Waals surface area contributed by atoms with Crippen molar-refractivity contribution in [1.82, 2.24) is 10.9 Å². The number of carbonyl (C=O) groups is 2. The molecule has 2 amide bonds. The Labute approximate surface area is 138 Å². The molecule has 0 saturated carbocycles. The van der Waals surface area contributed by atoms with Crippen molar-refractivity contribution in [2.45, 2.75) is 12.8 Å². The molecule has 9 heteroatoms. The van der Waals surface area contributed by atoms with Gasteiger partial charge in [0.15, 0.2) is 11.5 Å². The van der Waals surface area contributed by atoms with Crippen molar-refractivity contribution in [3.8, 4) is 17.2 Å². The molecular weight excluding hydrogens is 316 g/mol. The number of hydrogen-bond donors (Lipinski definition) is 2. The summed E-state index contributed by atoms with van der Waals surface area (Å²) in [4.78, 5) is 22.7. The van der Waals surface area contributed by atoms with E-state index in [-0.39, 0.29) is 24.7 Å². The molecule has 0 radical (unpaired) electrons. The number of nitrogens with zero attached hydrogens (tertiary/aromatic N) is 2. The number of nitrogens with one attached hydrogen (secondary N) is 2. The molecule has 0 unspecified atom stereocenters. The molecule has 1 aromatic rings. The van der Waals surface area contributed by atoms with E-state index >= 15 is 0 Å². The lowest BCUT2D eigenvalue weighted by Gasteiger charge is -2.13. The second kappa shape index (κ2) is 7.95. The summed E-state index contributed by atoms with van der Waals surface area (Å²) in [6.45, 7) is 0. The Balaban J connectivity index is 2.03. The van der Waals surface area contributed by atoms with Crippen LogP contribution in [-0.2, 0) is 9.59 Å². The summed E-state index contributed by atoms with van der Waals surface area (Å²) in [7, 11) is 4.52. The van der Waals surface area contributed by atoms with Crippen LogP contribution in [0.25, 0.3) is 0 Å². The molecule has 0 spiro atoms. The zero-order valence-corrected chi connectivity index (χ0v) is 13.6. The van der Waals surface area contributed by atoms with Gasteiger partial charge in [0.25, 0.3) is 0 Å². The first-order chi connectivity index (χ1) is 11.6. The average Bonchev–Trinajstić information content (AvgIpc) is 2.98. The van der Waals surface area contributed by atoms with E-state index in [1.54, 1.807) is 12.1 Å². The van der Waals surface area contributed by atoms with Gasteiger partial charge in [-0.05, 0) is 12.1 Å². The predicted molar refractivity (Wildman–Crippen MR) is 86.6 cm³/mol. The summed E-state index contributed by atoms with van der Waals surface area (Å²) in [6.07, 6.45) is 1.55. The van der Waals surface area contributed by atoms with Gasteiger partial charge in [0.2, 0.25) is 17.6 Å². The Hall–Kier alpha value is -3.10. The van der Waals surface area contributed by atoms with Gasteiger partial charge in [-0.3, -0.25) is 9.59 Å². The summed E-state index contributed by atoms with van der Waals surface area (Å²) >= 11 is 0. The first kappa shape index (κ1) is 17.3. The smallest absolute Gasteiger partial charge is 0.245 e. The molecule has 2 rings (SSSR count). The number of rotatable bonds is 7. The number of hydrazone groups is 2. The summed E-state index contributed by atoms with van der Waals surface area (Å²) in [5, 5.41) is 7.63. The SMILES string of the molecule is COc1ccc(/C=N\NC(=O)CC2=NNC(=O)C2)c(OC)c1OC. The second-order valence-corrected chi connectivity index (χ2v) is 4.78. The van der Waals surface area contributed by atoms with E-state index in [2.05, 4.69) is 21.1 Å². The maximum Gasteiger partial charge on any atom is 0.245 e. The molecule has 1 heterocycles. The van der Waals surface area contributed by atoms with Crippen LogP contribution in [0.15, 0.2) is 22.3 Å². The van der Waals surface area contributed by atoms with Crippen LogP contribution in [0.2, 0.25) is 0 Å². The molecule has 0 atom stereocenters. The van der Waals surface area contributed by atoms with E-state index in [9.17, 15) is 9.59 Å². The molecule has 0 bridgehead atoms. The summed E-state index contributed by atoms with van der Waals surface area (Å²) < 4.78 is 15.8. The van der Waals surface area contributed by atoms with Crippen LogP contribution < -0.4 is 25.1 Å². The highest BCUT2D eigenvalue weighted by Crippen LogP contribution is 2.38. The van der Waals surface area contributed by atoms with Gasteiger partial charge in [-0.2, -0.15) is 10.2 Å². The standard InChI is InChI=1S/C15H18N4O5/c1-22-11-5-4-9(14(23-2)15(11)24-3)8-16-18-12(20)6-10-7-13(21)19-17-10/h4-5,8H,6-7H2,1-3H3,(H,18,20)(H,19,21)/b16-8-. The van der Waals surface area contributed by atoms with E-state index in [0.717, 1.165) is 0 Å². The van der Waals surface area contributed by atoms with Gasteiger partial charge in [0, 0.05) is 5.56 Å². The number of amides is 2. The van der Waals surface area contributed by atoms with Gasteiger partial charge in [-0.1, -0.05) is 0 Å². The first-order valence-electron chi connectivity index (χ1n) is 7.04. The average molecular weight is 334 g/mol. The van der Waals surface area contributed by atoms with Crippen LogP contribution in [0.4, 0.5) is 0 Å². The number of ether oxygens (including phenoxy) is 3. The van der Waals surface area contributed by atoms with E-state index in [1.807, 2.05) is 0 Å². The zero-order chi connectivity index (χ0) is 17.5. The predicted octanol–water partition coefficient (Wildman–Crippen LogP) is 0.428. The van der Waals surface area contributed by atoms with Crippen molar-refractivity contribution < 1.29 is 23.8 Å². The molecular formula is C15H18N4O5. The Morgan fingerprint density at radius 1 is 1.29 bits per heavy atom. The van der Waals surface area contributed by atoms with Crippen molar-refractivity contribution in [2.75, 3.05) is 21.3 Å². The van der Waals surface area contributed by atoms with E-state index in [4.69, 9.17) is 14.2 Å². The molecule has 1 aliphatic heterocycles. The molecule has 9 nitrogen and oxygen atoms in total. The molecule has 1 aliphatic rings. The van der Waals surface area contributed by atoms with Gasteiger partial charge in [-0.15, -0.1) is 0 Å². The highest BCUT2D eigenvalue weighted by Gasteiger charge is 2.17. The molecule has 0 fully saturated rings. The van der Waals surface area contributed by atoms with E-state index in [1.165, 1.54) is 27.5 Å². The normalized spacial score (nSPS) is 13.5. The summed E-state index contributed by atoms with van der Waals surface area (Å²) in [5.41, 5.74) is 5.73. The molecule has 2 N–H and O–H groups in total. The lowest BCUT2D eigenvalue weighted by Crippen LogP contribution is -2.20. The van der Waals surface area contributed by atoms with Crippen LogP contribution in [0, 0.1) is 0 Å². The molecule has 0 aromatic heterocycles. The summed E-state index contributed by atoms with van der Waals surface area (Å²) in [6, 6.07) is 3.43. The van der Waals surface area contributed by atoms with Gasteiger partial charge in [0.05, 0.1) is 46.1 Å². The molecule has 0 aliphatic carbocycles. The van der Waals surface area contributed by atoms with Crippen LogP contribution in [0.3, 0.4) is 0 Å². The Morgan fingerprint density at radius 3 is 2.62 bits per heavy atom. The summed E-state index contributed by atoms with van der Waals surface area (Å²) in [5.74, 6) is 0.786. The van der Waals surface area contributed by atoms with Crippen molar-refractivity contribution in [2.24, 2.45) is 10.2 Å².